The summed E-state index contributed by atoms with van der Waals surface area (Å²) in [6.45, 7) is 0. The van der Waals surface area contributed by atoms with E-state index in [1.54, 1.807) is 0 Å². The Morgan fingerprint density at radius 2 is 2.27 bits per heavy atom. The van der Waals surface area contributed by atoms with Crippen LogP contribution in [0, 0.1) is 11.3 Å². The zero-order valence-corrected chi connectivity index (χ0v) is 5.46. The maximum absolute atomic E-state index is 12.5. The minimum absolute atomic E-state index is 0.373. The Bertz CT molecular complexity index is 276. The van der Waals surface area contributed by atoms with Gasteiger partial charge in [0.1, 0.15) is 6.07 Å². The lowest BCUT2D eigenvalue weighted by atomic mass is 10.2. The summed E-state index contributed by atoms with van der Waals surface area (Å²) in [5.41, 5.74) is -0.373. The first kappa shape index (κ1) is 7.61. The molecule has 2 nitrogen and oxygen atoms in total. The molecule has 1 aromatic rings. The molecule has 0 bridgehead atoms. The molecule has 1 aromatic heterocycles. The van der Waals surface area contributed by atoms with Crippen molar-refractivity contribution >= 4 is 0 Å². The summed E-state index contributed by atoms with van der Waals surface area (Å²) in [7, 11) is 0. The molecule has 0 fully saturated rings. The molecule has 0 aromatic carbocycles. The molecule has 0 atom stereocenters. The van der Waals surface area contributed by atoms with Gasteiger partial charge < -0.3 is 0 Å². The van der Waals surface area contributed by atoms with Crippen molar-refractivity contribution in [1.82, 2.24) is 4.98 Å². The summed E-state index contributed by atoms with van der Waals surface area (Å²) in [4.78, 5) is 3.47. The molecule has 0 N–H and O–H groups in total. The Morgan fingerprint density at radius 3 is 2.73 bits per heavy atom. The summed E-state index contributed by atoms with van der Waals surface area (Å²) in [6.07, 6.45) is 2.35. The molecule has 56 valence electrons. The van der Waals surface area contributed by atoms with Crippen LogP contribution in [-0.2, 0) is 5.92 Å². The second-order valence-electron chi connectivity index (χ2n) is 1.93. The largest absolute Gasteiger partial charge is 0.358 e. The lowest BCUT2D eigenvalue weighted by Gasteiger charge is -2.04. The lowest BCUT2D eigenvalue weighted by Crippen LogP contribution is -2.09. The van der Waals surface area contributed by atoms with Crippen LogP contribution in [0.15, 0.2) is 24.5 Å². The van der Waals surface area contributed by atoms with Crippen molar-refractivity contribution in [3.05, 3.63) is 30.1 Å². The zero-order chi connectivity index (χ0) is 8.32. The molecular weight excluding hydrogens is 150 g/mol. The Morgan fingerprint density at radius 1 is 1.55 bits per heavy atom. The summed E-state index contributed by atoms with van der Waals surface area (Å²) in [6, 6.07) is 3.41. The van der Waals surface area contributed by atoms with Gasteiger partial charge >= 0.3 is 5.92 Å². The SMILES string of the molecule is N#CC(F)(F)c1cccnc1. The predicted octanol–water partition coefficient (Wildman–Crippen LogP) is 1.70. The Hall–Kier alpha value is -1.50. The number of hydrogen-bond acceptors (Lipinski definition) is 2. The first-order valence-electron chi connectivity index (χ1n) is 2.86. The van der Waals surface area contributed by atoms with Gasteiger partial charge in [0.2, 0.25) is 0 Å². The van der Waals surface area contributed by atoms with Crippen LogP contribution in [0.25, 0.3) is 0 Å². The first-order valence-corrected chi connectivity index (χ1v) is 2.86. The van der Waals surface area contributed by atoms with Gasteiger partial charge in [-0.2, -0.15) is 14.0 Å². The molecule has 0 aliphatic heterocycles. The van der Waals surface area contributed by atoms with Gasteiger partial charge in [0.05, 0.1) is 5.56 Å². The van der Waals surface area contributed by atoms with E-state index in [0.29, 0.717) is 0 Å². The topological polar surface area (TPSA) is 36.7 Å². The molecule has 1 rings (SSSR count). The minimum Gasteiger partial charge on any atom is -0.264 e. The fourth-order valence-electron chi connectivity index (χ4n) is 0.613. The number of alkyl halides is 2. The number of halogens is 2. The Kier molecular flexibility index (Phi) is 1.81. The predicted molar refractivity (Wildman–Crippen MR) is 33.7 cm³/mol. The third kappa shape index (κ3) is 1.49. The fourth-order valence-corrected chi connectivity index (χ4v) is 0.613. The molecular formula is C7H4F2N2. The average Bonchev–Trinajstić information content (AvgIpc) is 2.06. The van der Waals surface area contributed by atoms with Gasteiger partial charge in [-0.25, -0.2) is 0 Å². The smallest absolute Gasteiger partial charge is 0.264 e. The number of nitrogens with zero attached hydrogens (tertiary/aromatic N) is 2. The zero-order valence-electron chi connectivity index (χ0n) is 5.46. The molecule has 0 spiro atoms. The van der Waals surface area contributed by atoms with E-state index in [0.717, 1.165) is 18.3 Å². The third-order valence-electron chi connectivity index (χ3n) is 1.16. The van der Waals surface area contributed by atoms with E-state index >= 15 is 0 Å². The van der Waals surface area contributed by atoms with Gasteiger partial charge in [0.15, 0.2) is 0 Å². The number of pyridine rings is 1. The Labute approximate surface area is 62.1 Å². The van der Waals surface area contributed by atoms with Gasteiger partial charge in [-0.1, -0.05) is 0 Å². The molecule has 0 saturated heterocycles. The van der Waals surface area contributed by atoms with Crippen LogP contribution >= 0.6 is 0 Å². The minimum atomic E-state index is -3.42. The van der Waals surface area contributed by atoms with E-state index in [-0.39, 0.29) is 5.56 Å². The summed E-state index contributed by atoms with van der Waals surface area (Å²) in [5, 5.41) is 8.02. The van der Waals surface area contributed by atoms with Gasteiger partial charge in [-0.05, 0) is 12.1 Å². The van der Waals surface area contributed by atoms with Crippen molar-refractivity contribution < 1.29 is 8.78 Å². The van der Waals surface area contributed by atoms with Crippen LogP contribution in [0.5, 0.6) is 0 Å². The maximum Gasteiger partial charge on any atom is 0.358 e. The molecule has 4 heteroatoms. The van der Waals surface area contributed by atoms with Crippen LogP contribution < -0.4 is 0 Å². The van der Waals surface area contributed by atoms with E-state index in [1.807, 2.05) is 0 Å². The van der Waals surface area contributed by atoms with Crippen LogP contribution in [-0.4, -0.2) is 4.98 Å². The summed E-state index contributed by atoms with van der Waals surface area (Å²) in [5.74, 6) is -3.42. The number of nitriles is 1. The summed E-state index contributed by atoms with van der Waals surface area (Å²) < 4.78 is 25.0. The number of aromatic nitrogens is 1. The first-order chi connectivity index (χ1) is 5.17. The quantitative estimate of drug-likeness (QED) is 0.617. The molecule has 0 unspecified atom stereocenters. The van der Waals surface area contributed by atoms with E-state index in [4.69, 9.17) is 5.26 Å². The van der Waals surface area contributed by atoms with Crippen LogP contribution in [0.1, 0.15) is 5.56 Å². The van der Waals surface area contributed by atoms with Gasteiger partial charge in [-0.3, -0.25) is 4.98 Å². The third-order valence-corrected chi connectivity index (χ3v) is 1.16. The van der Waals surface area contributed by atoms with E-state index in [9.17, 15) is 8.78 Å². The molecule has 0 aliphatic rings. The second kappa shape index (κ2) is 2.62. The standard InChI is InChI=1S/C7H4F2N2/c8-7(9,5-10)6-2-1-3-11-4-6/h1-4H. The molecule has 0 radical (unpaired) electrons. The number of rotatable bonds is 1. The highest BCUT2D eigenvalue weighted by molar-refractivity contribution is 5.21. The Balaban J connectivity index is 3.05. The van der Waals surface area contributed by atoms with E-state index < -0.39 is 5.92 Å². The van der Waals surface area contributed by atoms with Gasteiger partial charge in [0, 0.05) is 12.4 Å². The lowest BCUT2D eigenvalue weighted by molar-refractivity contribution is 0.0609. The van der Waals surface area contributed by atoms with Crippen molar-refractivity contribution in [1.29, 1.82) is 5.26 Å². The van der Waals surface area contributed by atoms with Crippen LogP contribution in [0.4, 0.5) is 8.78 Å². The number of hydrogen-bond donors (Lipinski definition) is 0. The highest BCUT2D eigenvalue weighted by Gasteiger charge is 2.30. The normalized spacial score (nSPS) is 10.6. The summed E-state index contributed by atoms with van der Waals surface area (Å²) >= 11 is 0. The van der Waals surface area contributed by atoms with Crippen molar-refractivity contribution in [3.8, 4) is 6.07 Å². The van der Waals surface area contributed by atoms with Gasteiger partial charge in [-0.15, -0.1) is 0 Å². The highest BCUT2D eigenvalue weighted by atomic mass is 19.3. The van der Waals surface area contributed by atoms with Crippen LogP contribution in [0.2, 0.25) is 0 Å². The van der Waals surface area contributed by atoms with Crippen molar-refractivity contribution in [2.24, 2.45) is 0 Å². The van der Waals surface area contributed by atoms with Crippen molar-refractivity contribution in [3.63, 3.8) is 0 Å². The highest BCUT2D eigenvalue weighted by Crippen LogP contribution is 2.25. The molecule has 0 amide bonds. The molecule has 11 heavy (non-hydrogen) atoms. The molecule has 1 heterocycles. The monoisotopic (exact) mass is 154 g/mol. The fraction of sp³-hybridized carbons (Fsp3) is 0.143. The van der Waals surface area contributed by atoms with Gasteiger partial charge in [0.25, 0.3) is 0 Å². The average molecular weight is 154 g/mol. The van der Waals surface area contributed by atoms with Crippen molar-refractivity contribution in [2.75, 3.05) is 0 Å². The van der Waals surface area contributed by atoms with Crippen molar-refractivity contribution in [2.45, 2.75) is 5.92 Å². The maximum atomic E-state index is 12.5. The second-order valence-corrected chi connectivity index (χ2v) is 1.93. The molecule has 0 saturated carbocycles. The molecule has 0 aliphatic carbocycles. The van der Waals surface area contributed by atoms with Crippen LogP contribution in [0.3, 0.4) is 0 Å². The van der Waals surface area contributed by atoms with E-state index in [1.165, 1.54) is 12.3 Å². The van der Waals surface area contributed by atoms with E-state index in [2.05, 4.69) is 4.98 Å².